The minimum absolute atomic E-state index is 0. The molecule has 0 atom stereocenters. The van der Waals surface area contributed by atoms with Crippen LogP contribution in [0.25, 0.3) is 0 Å². The zero-order valence-corrected chi connectivity index (χ0v) is 18.9. The summed E-state index contributed by atoms with van der Waals surface area (Å²) < 4.78 is 0. The lowest BCUT2D eigenvalue weighted by Gasteiger charge is -2.05. The zero-order valence-electron chi connectivity index (χ0n) is 18.1. The monoisotopic (exact) mass is 410 g/mol. The van der Waals surface area contributed by atoms with E-state index in [2.05, 4.69) is 17.2 Å². The Bertz CT molecular complexity index is 453. The van der Waals surface area contributed by atoms with Crippen LogP contribution in [-0.2, 0) is 11.3 Å². The van der Waals surface area contributed by atoms with Gasteiger partial charge in [-0.15, -0.1) is 12.4 Å². The zero-order chi connectivity index (χ0) is 19.4. The molecule has 0 aliphatic rings. The normalized spacial score (nSPS) is 10.5. The molecular formula is C24H43ClN2O. The second-order valence-electron chi connectivity index (χ2n) is 7.80. The van der Waals surface area contributed by atoms with Crippen LogP contribution in [0.2, 0.25) is 0 Å². The van der Waals surface area contributed by atoms with Crippen LogP contribution in [0.5, 0.6) is 0 Å². The van der Waals surface area contributed by atoms with E-state index in [1.54, 1.807) is 6.20 Å². The van der Waals surface area contributed by atoms with E-state index >= 15 is 0 Å². The number of halogens is 1. The van der Waals surface area contributed by atoms with E-state index in [1.165, 1.54) is 89.9 Å². The number of hydrogen-bond acceptors (Lipinski definition) is 2. The second-order valence-corrected chi connectivity index (χ2v) is 7.80. The number of unbranched alkanes of at least 4 members (excludes halogenated alkanes) is 14. The van der Waals surface area contributed by atoms with E-state index in [9.17, 15) is 4.79 Å². The fourth-order valence-corrected chi connectivity index (χ4v) is 3.44. The third kappa shape index (κ3) is 17.0. The molecule has 28 heavy (non-hydrogen) atoms. The van der Waals surface area contributed by atoms with Crippen LogP contribution in [-0.4, -0.2) is 10.9 Å². The van der Waals surface area contributed by atoms with Gasteiger partial charge in [-0.25, -0.2) is 0 Å². The Hall–Kier alpha value is -1.09. The van der Waals surface area contributed by atoms with E-state index in [0.717, 1.165) is 12.1 Å². The van der Waals surface area contributed by atoms with Crippen LogP contribution < -0.4 is 5.32 Å². The number of amides is 1. The molecule has 0 unspecified atom stereocenters. The van der Waals surface area contributed by atoms with Crippen molar-refractivity contribution in [2.75, 3.05) is 0 Å². The Kier molecular flexibility index (Phi) is 19.8. The third-order valence-corrected chi connectivity index (χ3v) is 5.20. The van der Waals surface area contributed by atoms with Gasteiger partial charge < -0.3 is 5.32 Å². The van der Waals surface area contributed by atoms with Crippen molar-refractivity contribution in [2.45, 2.75) is 116 Å². The van der Waals surface area contributed by atoms with E-state index in [-0.39, 0.29) is 18.3 Å². The Balaban J connectivity index is 0.00000729. The molecule has 0 saturated heterocycles. The Morgan fingerprint density at radius 2 is 1.29 bits per heavy atom. The van der Waals surface area contributed by atoms with Gasteiger partial charge in [0.15, 0.2) is 0 Å². The largest absolute Gasteiger partial charge is 0.350 e. The van der Waals surface area contributed by atoms with Crippen molar-refractivity contribution in [2.24, 2.45) is 0 Å². The summed E-state index contributed by atoms with van der Waals surface area (Å²) in [6.45, 7) is 2.82. The number of pyridine rings is 1. The van der Waals surface area contributed by atoms with Crippen LogP contribution in [0.4, 0.5) is 0 Å². The molecule has 0 saturated carbocycles. The summed E-state index contributed by atoms with van der Waals surface area (Å²) in [5, 5.41) is 2.95. The SMILES string of the molecule is CCCCCCCCCCCCCCCCCC(=O)NCc1ccccn1.Cl. The maximum Gasteiger partial charge on any atom is 0.220 e. The summed E-state index contributed by atoms with van der Waals surface area (Å²) in [4.78, 5) is 16.0. The van der Waals surface area contributed by atoms with Crippen LogP contribution in [0.1, 0.15) is 115 Å². The van der Waals surface area contributed by atoms with Gasteiger partial charge in [0.2, 0.25) is 5.91 Å². The maximum atomic E-state index is 11.8. The van der Waals surface area contributed by atoms with Crippen LogP contribution in [0, 0.1) is 0 Å². The maximum absolute atomic E-state index is 11.8. The van der Waals surface area contributed by atoms with Crippen LogP contribution >= 0.6 is 12.4 Å². The molecular weight excluding hydrogens is 368 g/mol. The lowest BCUT2D eigenvalue weighted by atomic mass is 10.0. The van der Waals surface area contributed by atoms with Crippen molar-refractivity contribution >= 4 is 18.3 Å². The van der Waals surface area contributed by atoms with Crippen molar-refractivity contribution in [3.05, 3.63) is 30.1 Å². The van der Waals surface area contributed by atoms with E-state index in [1.807, 2.05) is 18.2 Å². The molecule has 1 rings (SSSR count). The number of hydrogen-bond donors (Lipinski definition) is 1. The smallest absolute Gasteiger partial charge is 0.220 e. The molecule has 0 bridgehead atoms. The average Bonchev–Trinajstić information content (AvgIpc) is 2.70. The number of nitrogens with one attached hydrogen (secondary N) is 1. The number of carbonyl (C=O) groups excluding carboxylic acids is 1. The van der Waals surface area contributed by atoms with E-state index in [0.29, 0.717) is 13.0 Å². The fourth-order valence-electron chi connectivity index (χ4n) is 3.44. The first-order valence-corrected chi connectivity index (χ1v) is 11.5. The number of rotatable bonds is 18. The second kappa shape index (κ2) is 20.6. The summed E-state index contributed by atoms with van der Waals surface area (Å²) in [5.74, 6) is 0.148. The number of nitrogens with zero attached hydrogens (tertiary/aromatic N) is 1. The predicted octanol–water partition coefficient (Wildman–Crippen LogP) is 7.38. The molecule has 0 aromatic carbocycles. The molecule has 0 spiro atoms. The van der Waals surface area contributed by atoms with Gasteiger partial charge >= 0.3 is 0 Å². The molecule has 0 fully saturated rings. The quantitative estimate of drug-likeness (QED) is 0.256. The summed E-state index contributed by atoms with van der Waals surface area (Å²) in [6, 6.07) is 5.78. The van der Waals surface area contributed by atoms with Gasteiger partial charge in [0.05, 0.1) is 12.2 Å². The summed E-state index contributed by atoms with van der Waals surface area (Å²) >= 11 is 0. The Morgan fingerprint density at radius 1 is 0.786 bits per heavy atom. The van der Waals surface area contributed by atoms with E-state index in [4.69, 9.17) is 0 Å². The molecule has 0 aliphatic heterocycles. The summed E-state index contributed by atoms with van der Waals surface area (Å²) in [7, 11) is 0. The molecule has 1 aromatic rings. The number of carbonyl (C=O) groups is 1. The van der Waals surface area contributed by atoms with Gasteiger partial charge in [0.1, 0.15) is 0 Å². The summed E-state index contributed by atoms with van der Waals surface area (Å²) in [6.07, 6.45) is 22.7. The highest BCUT2D eigenvalue weighted by atomic mass is 35.5. The first-order valence-electron chi connectivity index (χ1n) is 11.5. The topological polar surface area (TPSA) is 42.0 Å². The standard InChI is InChI=1S/C24H42N2O.ClH/c1-2-3-4-5-6-7-8-9-10-11-12-13-14-15-16-20-24(27)26-22-23-19-17-18-21-25-23;/h17-19,21H,2-16,20,22H2,1H3,(H,26,27);1H. The van der Waals surface area contributed by atoms with E-state index < -0.39 is 0 Å². The molecule has 1 N–H and O–H groups in total. The Labute approximate surface area is 179 Å². The van der Waals surface area contributed by atoms with Crippen molar-refractivity contribution in [1.29, 1.82) is 0 Å². The van der Waals surface area contributed by atoms with Crippen molar-refractivity contribution in [3.8, 4) is 0 Å². The highest BCUT2D eigenvalue weighted by Gasteiger charge is 2.01. The molecule has 4 heteroatoms. The third-order valence-electron chi connectivity index (χ3n) is 5.20. The minimum atomic E-state index is 0. The van der Waals surface area contributed by atoms with Gasteiger partial charge in [0.25, 0.3) is 0 Å². The highest BCUT2D eigenvalue weighted by Crippen LogP contribution is 2.13. The lowest BCUT2D eigenvalue weighted by Crippen LogP contribution is -2.22. The number of aromatic nitrogens is 1. The fraction of sp³-hybridized carbons (Fsp3) is 0.750. The van der Waals surface area contributed by atoms with Gasteiger partial charge in [-0.05, 0) is 18.6 Å². The van der Waals surface area contributed by atoms with Gasteiger partial charge in [0, 0.05) is 12.6 Å². The molecule has 0 radical (unpaired) electrons. The first-order chi connectivity index (χ1) is 13.3. The summed E-state index contributed by atoms with van der Waals surface area (Å²) in [5.41, 5.74) is 0.919. The molecule has 1 heterocycles. The van der Waals surface area contributed by atoms with Crippen molar-refractivity contribution in [3.63, 3.8) is 0 Å². The van der Waals surface area contributed by atoms with Crippen molar-refractivity contribution < 1.29 is 4.79 Å². The lowest BCUT2D eigenvalue weighted by molar-refractivity contribution is -0.121. The first kappa shape index (κ1) is 26.9. The predicted molar refractivity (Wildman–Crippen MR) is 123 cm³/mol. The molecule has 3 nitrogen and oxygen atoms in total. The molecule has 1 amide bonds. The molecule has 162 valence electrons. The van der Waals surface area contributed by atoms with Crippen molar-refractivity contribution in [1.82, 2.24) is 10.3 Å². The average molecular weight is 411 g/mol. The van der Waals surface area contributed by atoms with Crippen LogP contribution in [0.15, 0.2) is 24.4 Å². The van der Waals surface area contributed by atoms with Gasteiger partial charge in [-0.2, -0.15) is 0 Å². The minimum Gasteiger partial charge on any atom is -0.350 e. The van der Waals surface area contributed by atoms with Gasteiger partial charge in [-0.3, -0.25) is 9.78 Å². The van der Waals surface area contributed by atoms with Crippen LogP contribution in [0.3, 0.4) is 0 Å². The Morgan fingerprint density at radius 3 is 1.75 bits per heavy atom. The van der Waals surface area contributed by atoms with Gasteiger partial charge in [-0.1, -0.05) is 103 Å². The molecule has 0 aliphatic carbocycles. The highest BCUT2D eigenvalue weighted by molar-refractivity contribution is 5.85. The molecule has 1 aromatic heterocycles.